The highest BCUT2D eigenvalue weighted by Gasteiger charge is 2.31. The predicted octanol–water partition coefficient (Wildman–Crippen LogP) is 4.19. The summed E-state index contributed by atoms with van der Waals surface area (Å²) in [6, 6.07) is 14.2. The maximum absolute atomic E-state index is 13.2. The summed E-state index contributed by atoms with van der Waals surface area (Å²) in [6.07, 6.45) is 7.28. The van der Waals surface area contributed by atoms with Crippen LogP contribution in [0.1, 0.15) is 40.7 Å². The molecule has 1 unspecified atom stereocenters. The average molecular weight is 418 g/mol. The van der Waals surface area contributed by atoms with Crippen LogP contribution in [0.4, 0.5) is 0 Å². The number of aromatic nitrogens is 2. The van der Waals surface area contributed by atoms with E-state index in [1.165, 1.54) is 6.42 Å². The average Bonchev–Trinajstić information content (AvgIpc) is 3.37. The molecule has 1 fully saturated rings. The van der Waals surface area contributed by atoms with Gasteiger partial charge in [0, 0.05) is 38.5 Å². The molecule has 5 rings (SSSR count). The van der Waals surface area contributed by atoms with E-state index in [2.05, 4.69) is 29.4 Å². The predicted molar refractivity (Wildman–Crippen MR) is 118 cm³/mol. The van der Waals surface area contributed by atoms with Crippen LogP contribution in [0, 0.1) is 0 Å². The van der Waals surface area contributed by atoms with E-state index in [9.17, 15) is 4.79 Å². The molecule has 1 aromatic heterocycles. The van der Waals surface area contributed by atoms with Gasteiger partial charge in [-0.25, -0.2) is 0 Å². The summed E-state index contributed by atoms with van der Waals surface area (Å²) >= 11 is 0. The van der Waals surface area contributed by atoms with Crippen molar-refractivity contribution >= 4 is 5.91 Å². The molecule has 6 nitrogen and oxygen atoms in total. The van der Waals surface area contributed by atoms with Crippen molar-refractivity contribution in [3.05, 3.63) is 71.5 Å². The fraction of sp³-hybridized carbons (Fsp3) is 0.360. The number of hydrogen-bond acceptors (Lipinski definition) is 4. The smallest absolute Gasteiger partial charge is 0.258 e. The summed E-state index contributed by atoms with van der Waals surface area (Å²) in [4.78, 5) is 15.1. The second-order valence-corrected chi connectivity index (χ2v) is 8.35. The summed E-state index contributed by atoms with van der Waals surface area (Å²) < 4.78 is 13.6. The lowest BCUT2D eigenvalue weighted by Crippen LogP contribution is -2.26. The van der Waals surface area contributed by atoms with Gasteiger partial charge in [0.15, 0.2) is 0 Å². The van der Waals surface area contributed by atoms with Gasteiger partial charge >= 0.3 is 0 Å². The lowest BCUT2D eigenvalue weighted by atomic mass is 10.1. The molecule has 0 spiro atoms. The molecule has 1 atom stereocenters. The second-order valence-electron chi connectivity index (χ2n) is 8.35. The van der Waals surface area contributed by atoms with Crippen molar-refractivity contribution in [3.8, 4) is 16.9 Å². The highest BCUT2D eigenvalue weighted by atomic mass is 16.5. The van der Waals surface area contributed by atoms with E-state index in [4.69, 9.17) is 9.47 Å². The number of benzene rings is 2. The van der Waals surface area contributed by atoms with Gasteiger partial charge in [-0.2, -0.15) is 5.10 Å². The first-order valence-electron chi connectivity index (χ1n) is 10.9. The van der Waals surface area contributed by atoms with Gasteiger partial charge in [0.05, 0.1) is 17.9 Å². The molecule has 0 aliphatic carbocycles. The molecule has 3 aromatic rings. The number of nitrogens with zero attached hydrogens (tertiary/aromatic N) is 3. The van der Waals surface area contributed by atoms with Crippen LogP contribution in [0.15, 0.2) is 54.9 Å². The van der Waals surface area contributed by atoms with Gasteiger partial charge in [0.25, 0.3) is 5.91 Å². The van der Waals surface area contributed by atoms with E-state index in [1.807, 2.05) is 42.5 Å². The van der Waals surface area contributed by atoms with Crippen molar-refractivity contribution in [1.29, 1.82) is 0 Å². The van der Waals surface area contributed by atoms with E-state index in [-0.39, 0.29) is 12.0 Å². The van der Waals surface area contributed by atoms with E-state index in [0.717, 1.165) is 41.7 Å². The van der Waals surface area contributed by atoms with Gasteiger partial charge < -0.3 is 14.4 Å². The van der Waals surface area contributed by atoms with Gasteiger partial charge in [-0.1, -0.05) is 36.4 Å². The molecule has 160 valence electrons. The first kappa shape index (κ1) is 19.8. The largest absolute Gasteiger partial charge is 0.490 e. The Kier molecular flexibility index (Phi) is 5.47. The van der Waals surface area contributed by atoms with Crippen molar-refractivity contribution < 1.29 is 14.3 Å². The first-order valence-corrected chi connectivity index (χ1v) is 10.9. The highest BCUT2D eigenvalue weighted by molar-refractivity contribution is 6.01. The van der Waals surface area contributed by atoms with Gasteiger partial charge in [0.2, 0.25) is 0 Å². The van der Waals surface area contributed by atoms with Crippen molar-refractivity contribution in [2.75, 3.05) is 13.2 Å². The number of ether oxygens (including phenoxy) is 2. The zero-order valence-electron chi connectivity index (χ0n) is 17.8. The van der Waals surface area contributed by atoms with Crippen molar-refractivity contribution in [2.24, 2.45) is 7.05 Å². The molecular formula is C25H27N3O3. The van der Waals surface area contributed by atoms with Gasteiger partial charge in [-0.15, -0.1) is 0 Å². The minimum atomic E-state index is 0.0338. The van der Waals surface area contributed by atoms with Crippen LogP contribution in [-0.4, -0.2) is 39.9 Å². The maximum atomic E-state index is 13.2. The van der Waals surface area contributed by atoms with Crippen LogP contribution in [-0.2, 0) is 24.9 Å². The molecule has 3 heterocycles. The summed E-state index contributed by atoms with van der Waals surface area (Å²) in [6.45, 7) is 2.48. The highest BCUT2D eigenvalue weighted by Crippen LogP contribution is 2.32. The van der Waals surface area contributed by atoms with Gasteiger partial charge in [-0.3, -0.25) is 9.48 Å². The Hall–Kier alpha value is -3.12. The van der Waals surface area contributed by atoms with E-state index in [1.54, 1.807) is 4.68 Å². The third kappa shape index (κ3) is 4.21. The lowest BCUT2D eigenvalue weighted by molar-refractivity contribution is -0.0112. The maximum Gasteiger partial charge on any atom is 0.258 e. The quantitative estimate of drug-likeness (QED) is 0.603. The minimum Gasteiger partial charge on any atom is -0.490 e. The number of carbonyl (C=O) groups is 1. The van der Waals surface area contributed by atoms with Crippen LogP contribution < -0.4 is 4.74 Å². The number of rotatable bonds is 6. The molecule has 2 aliphatic rings. The third-order valence-corrected chi connectivity index (χ3v) is 6.04. The minimum absolute atomic E-state index is 0.0338. The fourth-order valence-corrected chi connectivity index (χ4v) is 4.35. The zero-order chi connectivity index (χ0) is 21.2. The normalized spacial score (nSPS) is 18.3. The van der Waals surface area contributed by atoms with E-state index < -0.39 is 0 Å². The first-order chi connectivity index (χ1) is 15.2. The van der Waals surface area contributed by atoms with Gasteiger partial charge in [-0.05, 0) is 42.0 Å². The van der Waals surface area contributed by atoms with Crippen LogP contribution in [0.2, 0.25) is 0 Å². The van der Waals surface area contributed by atoms with Crippen LogP contribution in [0.3, 0.4) is 0 Å². The third-order valence-electron chi connectivity index (χ3n) is 6.04. The monoisotopic (exact) mass is 417 g/mol. The Bertz CT molecular complexity index is 1070. The van der Waals surface area contributed by atoms with Crippen molar-refractivity contribution in [3.63, 3.8) is 0 Å². The molecule has 6 heteroatoms. The number of amides is 1. The SMILES string of the molecule is Cn1cc(-c2ccc(CN3Cc4cccc(OCC5CCCCO5)c4C3=O)cc2)cn1. The number of aryl methyl sites for hydroxylation is 1. The molecule has 0 radical (unpaired) electrons. The molecule has 1 amide bonds. The van der Waals surface area contributed by atoms with Crippen LogP contribution >= 0.6 is 0 Å². The van der Waals surface area contributed by atoms with E-state index >= 15 is 0 Å². The Morgan fingerprint density at radius 2 is 2.00 bits per heavy atom. The molecule has 0 saturated carbocycles. The second kappa shape index (κ2) is 8.55. The Labute approximate surface area is 182 Å². The Morgan fingerprint density at radius 1 is 1.13 bits per heavy atom. The lowest BCUT2D eigenvalue weighted by Gasteiger charge is -2.23. The number of fused-ring (bicyclic) bond motifs is 1. The van der Waals surface area contributed by atoms with Crippen molar-refractivity contribution in [2.45, 2.75) is 38.5 Å². The van der Waals surface area contributed by atoms with Crippen LogP contribution in [0.5, 0.6) is 5.75 Å². The molecule has 2 aliphatic heterocycles. The Morgan fingerprint density at radius 3 is 2.74 bits per heavy atom. The molecule has 1 saturated heterocycles. The molecule has 0 bridgehead atoms. The molecule has 31 heavy (non-hydrogen) atoms. The van der Waals surface area contributed by atoms with Crippen LogP contribution in [0.25, 0.3) is 11.1 Å². The number of hydrogen-bond donors (Lipinski definition) is 0. The standard InChI is InChI=1S/C25H27N3O3/c1-27-15-21(13-26-27)19-10-8-18(9-11-19)14-28-16-20-5-4-7-23(24(20)25(28)29)31-17-22-6-2-3-12-30-22/h4-5,7-11,13,15,22H,2-3,6,12,14,16-17H2,1H3. The van der Waals surface area contributed by atoms with E-state index in [0.29, 0.717) is 31.0 Å². The Balaban J connectivity index is 1.26. The summed E-state index contributed by atoms with van der Waals surface area (Å²) in [5.74, 6) is 0.706. The number of carbonyl (C=O) groups excluding carboxylic acids is 1. The summed E-state index contributed by atoms with van der Waals surface area (Å²) in [5.41, 5.74) is 5.03. The zero-order valence-corrected chi connectivity index (χ0v) is 17.8. The summed E-state index contributed by atoms with van der Waals surface area (Å²) in [5, 5.41) is 4.23. The molecule has 0 N–H and O–H groups in total. The fourth-order valence-electron chi connectivity index (χ4n) is 4.35. The molecule has 2 aromatic carbocycles. The van der Waals surface area contributed by atoms with Gasteiger partial charge in [0.1, 0.15) is 12.4 Å². The molecular weight excluding hydrogens is 390 g/mol. The summed E-state index contributed by atoms with van der Waals surface area (Å²) in [7, 11) is 1.91. The topological polar surface area (TPSA) is 56.6 Å². The van der Waals surface area contributed by atoms with Crippen molar-refractivity contribution in [1.82, 2.24) is 14.7 Å².